The molecule has 0 fully saturated rings. The molecule has 0 saturated carbocycles. The van der Waals surface area contributed by atoms with E-state index in [1.165, 1.54) is 18.3 Å². The minimum atomic E-state index is -0.341. The van der Waals surface area contributed by atoms with Crippen LogP contribution < -0.4 is 4.74 Å². The van der Waals surface area contributed by atoms with Gasteiger partial charge in [0.25, 0.3) is 0 Å². The summed E-state index contributed by atoms with van der Waals surface area (Å²) in [7, 11) is 1.55. The van der Waals surface area contributed by atoms with E-state index in [0.29, 0.717) is 22.0 Å². The van der Waals surface area contributed by atoms with Gasteiger partial charge in [-0.25, -0.2) is 4.39 Å². The number of hydrogen-bond donors (Lipinski definition) is 0. The van der Waals surface area contributed by atoms with Crippen molar-refractivity contribution >= 4 is 11.6 Å². The van der Waals surface area contributed by atoms with Gasteiger partial charge in [0.1, 0.15) is 11.6 Å². The molecule has 0 spiro atoms. The van der Waals surface area contributed by atoms with Gasteiger partial charge < -0.3 is 4.74 Å². The molecule has 0 bridgehead atoms. The van der Waals surface area contributed by atoms with Gasteiger partial charge in [-0.1, -0.05) is 11.6 Å². The zero-order valence-electron chi connectivity index (χ0n) is 8.58. The Morgan fingerprint density at radius 1 is 1.25 bits per heavy atom. The fraction of sp³-hybridized carbons (Fsp3) is 0.0833. The Hall–Kier alpha value is -1.61. The Labute approximate surface area is 97.7 Å². The molecule has 0 aliphatic carbocycles. The number of nitrogens with zero attached hydrogens (tertiary/aromatic N) is 1. The van der Waals surface area contributed by atoms with E-state index >= 15 is 0 Å². The molecule has 0 radical (unpaired) electrons. The van der Waals surface area contributed by atoms with Crippen LogP contribution in [0.25, 0.3) is 11.3 Å². The maximum atomic E-state index is 13.1. The van der Waals surface area contributed by atoms with Crippen molar-refractivity contribution in [2.24, 2.45) is 0 Å². The molecule has 2 rings (SSSR count). The minimum Gasteiger partial charge on any atom is -0.496 e. The standard InChI is InChI=1S/C12H9ClFNO/c1-16-12-3-2-8(13)6-10(12)11-7-9(14)4-5-15-11/h2-7H,1H3. The largest absolute Gasteiger partial charge is 0.496 e. The van der Waals surface area contributed by atoms with Gasteiger partial charge in [0, 0.05) is 22.8 Å². The van der Waals surface area contributed by atoms with Gasteiger partial charge in [0.15, 0.2) is 0 Å². The molecule has 82 valence electrons. The number of halogens is 2. The van der Waals surface area contributed by atoms with Crippen molar-refractivity contribution in [2.75, 3.05) is 7.11 Å². The third-order valence-electron chi connectivity index (χ3n) is 2.16. The molecule has 1 heterocycles. The van der Waals surface area contributed by atoms with Crippen LogP contribution in [0.4, 0.5) is 4.39 Å². The summed E-state index contributed by atoms with van der Waals surface area (Å²) in [5, 5.41) is 0.557. The molecule has 0 amide bonds. The lowest BCUT2D eigenvalue weighted by Gasteiger charge is -2.08. The fourth-order valence-electron chi connectivity index (χ4n) is 1.43. The smallest absolute Gasteiger partial charge is 0.128 e. The van der Waals surface area contributed by atoms with Gasteiger partial charge >= 0.3 is 0 Å². The topological polar surface area (TPSA) is 22.1 Å². The van der Waals surface area contributed by atoms with Crippen LogP contribution in [0.2, 0.25) is 5.02 Å². The number of methoxy groups -OCH3 is 1. The van der Waals surface area contributed by atoms with E-state index in [1.54, 1.807) is 25.3 Å². The lowest BCUT2D eigenvalue weighted by atomic mass is 10.1. The van der Waals surface area contributed by atoms with E-state index in [2.05, 4.69) is 4.98 Å². The first-order valence-electron chi connectivity index (χ1n) is 4.66. The predicted molar refractivity (Wildman–Crippen MR) is 61.2 cm³/mol. The molecule has 2 aromatic rings. The molecule has 16 heavy (non-hydrogen) atoms. The van der Waals surface area contributed by atoms with Gasteiger partial charge in [-0.05, 0) is 24.3 Å². The molecule has 0 atom stereocenters. The summed E-state index contributed by atoms with van der Waals surface area (Å²) in [6.45, 7) is 0. The number of aromatic nitrogens is 1. The first kappa shape index (κ1) is 10.9. The Kier molecular flexibility index (Phi) is 3.06. The van der Waals surface area contributed by atoms with Crippen LogP contribution in [0.1, 0.15) is 0 Å². The van der Waals surface area contributed by atoms with Crippen molar-refractivity contribution in [1.82, 2.24) is 4.98 Å². The van der Waals surface area contributed by atoms with E-state index in [4.69, 9.17) is 16.3 Å². The van der Waals surface area contributed by atoms with Gasteiger partial charge in [0.05, 0.1) is 12.8 Å². The highest BCUT2D eigenvalue weighted by Gasteiger charge is 2.08. The number of pyridine rings is 1. The number of rotatable bonds is 2. The highest BCUT2D eigenvalue weighted by Crippen LogP contribution is 2.31. The molecule has 0 unspecified atom stereocenters. The van der Waals surface area contributed by atoms with Crippen LogP contribution in [0.5, 0.6) is 5.75 Å². The molecular formula is C12H9ClFNO. The summed E-state index contributed by atoms with van der Waals surface area (Å²) in [6.07, 6.45) is 1.41. The molecule has 4 heteroatoms. The average molecular weight is 238 g/mol. The third kappa shape index (κ3) is 2.14. The van der Waals surface area contributed by atoms with E-state index in [-0.39, 0.29) is 5.82 Å². The minimum absolute atomic E-state index is 0.341. The first-order chi connectivity index (χ1) is 7.70. The number of ether oxygens (including phenoxy) is 1. The fourth-order valence-corrected chi connectivity index (χ4v) is 1.60. The Morgan fingerprint density at radius 3 is 2.75 bits per heavy atom. The van der Waals surface area contributed by atoms with Crippen molar-refractivity contribution in [1.29, 1.82) is 0 Å². The third-order valence-corrected chi connectivity index (χ3v) is 2.39. The summed E-state index contributed by atoms with van der Waals surface area (Å²) in [5.74, 6) is 0.273. The van der Waals surface area contributed by atoms with Crippen LogP contribution in [0.3, 0.4) is 0 Å². The van der Waals surface area contributed by atoms with E-state index in [9.17, 15) is 4.39 Å². The molecule has 1 aromatic heterocycles. The van der Waals surface area contributed by atoms with Crippen LogP contribution in [-0.2, 0) is 0 Å². The Balaban J connectivity index is 2.58. The van der Waals surface area contributed by atoms with Crippen molar-refractivity contribution in [3.05, 3.63) is 47.4 Å². The van der Waals surface area contributed by atoms with Gasteiger partial charge in [0.2, 0.25) is 0 Å². The summed E-state index contributed by atoms with van der Waals surface area (Å²) in [4.78, 5) is 4.08. The summed E-state index contributed by atoms with van der Waals surface area (Å²) < 4.78 is 18.2. The zero-order valence-corrected chi connectivity index (χ0v) is 9.33. The molecular weight excluding hydrogens is 229 g/mol. The number of benzene rings is 1. The van der Waals surface area contributed by atoms with Gasteiger partial charge in [-0.15, -0.1) is 0 Å². The van der Waals surface area contributed by atoms with Crippen molar-refractivity contribution in [3.8, 4) is 17.0 Å². The second kappa shape index (κ2) is 4.49. The average Bonchev–Trinajstić information content (AvgIpc) is 2.29. The summed E-state index contributed by atoms with van der Waals surface area (Å²) in [6, 6.07) is 7.77. The van der Waals surface area contributed by atoms with Gasteiger partial charge in [-0.3, -0.25) is 4.98 Å². The number of hydrogen-bond acceptors (Lipinski definition) is 2. The zero-order chi connectivity index (χ0) is 11.5. The highest BCUT2D eigenvalue weighted by atomic mass is 35.5. The van der Waals surface area contributed by atoms with Crippen LogP contribution >= 0.6 is 11.6 Å². The Bertz CT molecular complexity index is 516. The van der Waals surface area contributed by atoms with Gasteiger partial charge in [-0.2, -0.15) is 0 Å². The molecule has 0 N–H and O–H groups in total. The van der Waals surface area contributed by atoms with E-state index in [0.717, 1.165) is 0 Å². The molecule has 1 aromatic carbocycles. The molecule has 0 saturated heterocycles. The van der Waals surface area contributed by atoms with Crippen molar-refractivity contribution in [3.63, 3.8) is 0 Å². The SMILES string of the molecule is COc1ccc(Cl)cc1-c1cc(F)ccn1. The second-order valence-corrected chi connectivity index (χ2v) is 3.64. The van der Waals surface area contributed by atoms with E-state index < -0.39 is 0 Å². The van der Waals surface area contributed by atoms with Crippen molar-refractivity contribution in [2.45, 2.75) is 0 Å². The lowest BCUT2D eigenvalue weighted by molar-refractivity contribution is 0.416. The normalized spacial score (nSPS) is 10.2. The molecule has 0 aliphatic rings. The van der Waals surface area contributed by atoms with Crippen LogP contribution in [-0.4, -0.2) is 12.1 Å². The molecule has 0 aliphatic heterocycles. The highest BCUT2D eigenvalue weighted by molar-refractivity contribution is 6.30. The summed E-state index contributed by atoms with van der Waals surface area (Å²) >= 11 is 5.89. The van der Waals surface area contributed by atoms with Crippen LogP contribution in [0.15, 0.2) is 36.5 Å². The quantitative estimate of drug-likeness (QED) is 0.797. The summed E-state index contributed by atoms with van der Waals surface area (Å²) in [5.41, 5.74) is 1.17. The lowest BCUT2D eigenvalue weighted by Crippen LogP contribution is -1.90. The Morgan fingerprint density at radius 2 is 2.06 bits per heavy atom. The predicted octanol–water partition coefficient (Wildman–Crippen LogP) is 3.55. The van der Waals surface area contributed by atoms with E-state index in [1.807, 2.05) is 0 Å². The monoisotopic (exact) mass is 237 g/mol. The molecule has 2 nitrogen and oxygen atoms in total. The first-order valence-corrected chi connectivity index (χ1v) is 5.04. The van der Waals surface area contributed by atoms with Crippen LogP contribution in [0, 0.1) is 5.82 Å². The maximum Gasteiger partial charge on any atom is 0.128 e. The second-order valence-electron chi connectivity index (χ2n) is 3.20. The van der Waals surface area contributed by atoms with Crippen molar-refractivity contribution < 1.29 is 9.13 Å². The maximum absolute atomic E-state index is 13.1.